The highest BCUT2D eigenvalue weighted by Gasteiger charge is 2.45. The number of amides is 2. The van der Waals surface area contributed by atoms with Crippen LogP contribution in [0, 0.1) is 5.41 Å². The Morgan fingerprint density at radius 2 is 1.69 bits per heavy atom. The van der Waals surface area contributed by atoms with Gasteiger partial charge in [-0.3, -0.25) is 15.0 Å². The molecular weight excluding hydrogens is 636 g/mol. The van der Waals surface area contributed by atoms with Crippen molar-refractivity contribution >= 4 is 29.0 Å². The Bertz CT molecular complexity index is 1600. The number of ether oxygens (including phenoxy) is 3. The van der Waals surface area contributed by atoms with E-state index in [4.69, 9.17) is 25.4 Å². The van der Waals surface area contributed by atoms with Crippen LogP contribution in [0.25, 0.3) is 0 Å². The summed E-state index contributed by atoms with van der Waals surface area (Å²) in [5.74, 6) is -0.165. The summed E-state index contributed by atoms with van der Waals surface area (Å²) >= 11 is 0. The molecule has 2 saturated heterocycles. The van der Waals surface area contributed by atoms with Crippen molar-refractivity contribution in [2.75, 3.05) is 56.7 Å². The number of amidine groups is 1. The number of hydrogen-bond acceptors (Lipinski definition) is 12. The van der Waals surface area contributed by atoms with Gasteiger partial charge in [0.2, 0.25) is 18.1 Å². The number of nitrogens with two attached hydrogens (primary N) is 1. The minimum atomic E-state index is -1.68. The molecular formula is C34H42N6O9. The molecule has 0 bridgehead atoms. The monoisotopic (exact) mass is 678 g/mol. The van der Waals surface area contributed by atoms with E-state index in [0.29, 0.717) is 37.4 Å². The second-order valence-corrected chi connectivity index (χ2v) is 11.7. The lowest BCUT2D eigenvalue weighted by Crippen LogP contribution is -2.60. The van der Waals surface area contributed by atoms with Crippen molar-refractivity contribution < 1.29 is 44.2 Å². The van der Waals surface area contributed by atoms with Crippen LogP contribution in [0.1, 0.15) is 17.2 Å². The van der Waals surface area contributed by atoms with Gasteiger partial charge in [-0.25, -0.2) is 0 Å². The molecule has 2 aliphatic heterocycles. The van der Waals surface area contributed by atoms with E-state index in [1.54, 1.807) is 54.5 Å². The third-order valence-corrected chi connectivity index (χ3v) is 8.55. The van der Waals surface area contributed by atoms with Crippen LogP contribution in [0.2, 0.25) is 0 Å². The van der Waals surface area contributed by atoms with Crippen LogP contribution in [-0.4, -0.2) is 120 Å². The molecule has 5 rings (SSSR count). The number of aliphatic hydroxyl groups excluding tert-OH is 4. The van der Waals surface area contributed by atoms with Crippen LogP contribution in [0.4, 0.5) is 11.4 Å². The molecule has 3 aromatic rings. The van der Waals surface area contributed by atoms with Gasteiger partial charge < -0.3 is 60.8 Å². The molecule has 6 atom stereocenters. The molecule has 15 nitrogen and oxygen atoms in total. The van der Waals surface area contributed by atoms with E-state index in [0.717, 1.165) is 11.4 Å². The fourth-order valence-electron chi connectivity index (χ4n) is 5.73. The fourth-order valence-corrected chi connectivity index (χ4v) is 5.73. The quantitative estimate of drug-likeness (QED) is 0.0920. The average Bonchev–Trinajstić information content (AvgIpc) is 3.13. The van der Waals surface area contributed by atoms with Crippen molar-refractivity contribution in [3.63, 3.8) is 0 Å². The number of nitrogens with one attached hydrogen (secondary N) is 3. The molecule has 3 aromatic carbocycles. The molecule has 2 amide bonds. The molecule has 0 aromatic heterocycles. The van der Waals surface area contributed by atoms with Gasteiger partial charge in [0.1, 0.15) is 47.8 Å². The van der Waals surface area contributed by atoms with Gasteiger partial charge in [-0.05, 0) is 42.5 Å². The number of nitrogens with zero attached hydrogens (tertiary/aromatic N) is 2. The number of carbonyl (C=O) groups excluding carboxylic acids is 2. The predicted molar refractivity (Wildman–Crippen MR) is 179 cm³/mol. The molecule has 262 valence electrons. The van der Waals surface area contributed by atoms with Gasteiger partial charge in [0, 0.05) is 48.7 Å². The first-order valence-corrected chi connectivity index (χ1v) is 15.8. The van der Waals surface area contributed by atoms with Crippen molar-refractivity contribution in [1.29, 1.82) is 5.41 Å². The lowest BCUT2D eigenvalue weighted by Gasteiger charge is -2.40. The Balaban J connectivity index is 1.31. The SMILES string of the molecule is COc1ccc(N2CCN(C(=O)CNC(=O)C(Nc3cccc(C(=N)N)c3)c3ccccc3OC3OC(CO)C(O)C(O)C3O)CC2)cc1. The number of para-hydroxylation sites is 1. The molecule has 0 radical (unpaired) electrons. The molecule has 0 saturated carbocycles. The number of hydrogen-bond donors (Lipinski definition) is 8. The zero-order chi connectivity index (χ0) is 35.1. The first-order chi connectivity index (χ1) is 23.6. The van der Waals surface area contributed by atoms with Crippen molar-refractivity contribution in [3.05, 3.63) is 83.9 Å². The number of anilines is 2. The van der Waals surface area contributed by atoms with E-state index in [2.05, 4.69) is 15.5 Å². The van der Waals surface area contributed by atoms with Gasteiger partial charge in [0.15, 0.2) is 0 Å². The number of aliphatic hydroxyl groups is 4. The zero-order valence-electron chi connectivity index (χ0n) is 26.9. The van der Waals surface area contributed by atoms with Crippen molar-refractivity contribution in [2.24, 2.45) is 5.73 Å². The maximum atomic E-state index is 13.9. The molecule has 0 spiro atoms. The molecule has 2 heterocycles. The third-order valence-electron chi connectivity index (χ3n) is 8.55. The highest BCUT2D eigenvalue weighted by Crippen LogP contribution is 2.32. The summed E-state index contributed by atoms with van der Waals surface area (Å²) in [4.78, 5) is 31.0. The number of rotatable bonds is 12. The smallest absolute Gasteiger partial charge is 0.247 e. The van der Waals surface area contributed by atoms with Gasteiger partial charge in [-0.2, -0.15) is 0 Å². The Morgan fingerprint density at radius 1 is 0.980 bits per heavy atom. The van der Waals surface area contributed by atoms with E-state index in [1.165, 1.54) is 6.07 Å². The largest absolute Gasteiger partial charge is 0.497 e. The van der Waals surface area contributed by atoms with Gasteiger partial charge in [0.25, 0.3) is 0 Å². The maximum Gasteiger partial charge on any atom is 0.247 e. The lowest BCUT2D eigenvalue weighted by molar-refractivity contribution is -0.277. The molecule has 9 N–H and O–H groups in total. The van der Waals surface area contributed by atoms with E-state index in [-0.39, 0.29) is 29.6 Å². The third kappa shape index (κ3) is 8.39. The van der Waals surface area contributed by atoms with E-state index >= 15 is 0 Å². The molecule has 6 unspecified atom stereocenters. The molecule has 2 aliphatic rings. The summed E-state index contributed by atoms with van der Waals surface area (Å²) in [6.45, 7) is 1.25. The van der Waals surface area contributed by atoms with Gasteiger partial charge in [-0.15, -0.1) is 0 Å². The van der Waals surface area contributed by atoms with Gasteiger partial charge in [0.05, 0.1) is 20.3 Å². The number of nitrogen functional groups attached to an aromatic ring is 1. The summed E-state index contributed by atoms with van der Waals surface area (Å²) in [6, 6.07) is 19.5. The molecule has 49 heavy (non-hydrogen) atoms. The fraction of sp³-hybridized carbons (Fsp3) is 0.382. The summed E-state index contributed by atoms with van der Waals surface area (Å²) in [5.41, 5.74) is 7.85. The summed E-state index contributed by atoms with van der Waals surface area (Å²) < 4.78 is 16.7. The first-order valence-electron chi connectivity index (χ1n) is 15.8. The minimum Gasteiger partial charge on any atom is -0.497 e. The Morgan fingerprint density at radius 3 is 2.37 bits per heavy atom. The van der Waals surface area contributed by atoms with Crippen LogP contribution in [0.15, 0.2) is 72.8 Å². The van der Waals surface area contributed by atoms with Crippen LogP contribution in [0.3, 0.4) is 0 Å². The van der Waals surface area contributed by atoms with Crippen LogP contribution in [0.5, 0.6) is 11.5 Å². The van der Waals surface area contributed by atoms with Gasteiger partial charge in [-0.1, -0.05) is 30.3 Å². The summed E-state index contributed by atoms with van der Waals surface area (Å²) in [7, 11) is 1.61. The van der Waals surface area contributed by atoms with Crippen molar-refractivity contribution in [3.8, 4) is 11.5 Å². The van der Waals surface area contributed by atoms with Crippen LogP contribution in [-0.2, 0) is 14.3 Å². The van der Waals surface area contributed by atoms with Crippen LogP contribution < -0.4 is 30.7 Å². The Hall–Kier alpha value is -4.93. The number of methoxy groups -OCH3 is 1. The Labute approximate surface area is 283 Å². The lowest BCUT2D eigenvalue weighted by atomic mass is 9.99. The highest BCUT2D eigenvalue weighted by atomic mass is 16.7. The minimum absolute atomic E-state index is 0.0863. The van der Waals surface area contributed by atoms with E-state index in [9.17, 15) is 30.0 Å². The normalized spacial score (nSPS) is 22.9. The number of benzene rings is 3. The standard InChI is InChI=1S/C34H42N6O9/c1-47-23-11-9-22(10-12-23)39-13-15-40(16-14-39)27(42)18-37-33(46)28(38-21-6-4-5-20(17-21)32(35)36)24-7-2-3-8-25(24)48-34-31(45)30(44)29(43)26(19-41)49-34/h2-12,17,26,28-31,34,38,41,43-45H,13-16,18-19H2,1H3,(H3,35,36)(H,37,46). The topological polar surface area (TPSA) is 223 Å². The van der Waals surface area contributed by atoms with E-state index < -0.39 is 49.3 Å². The van der Waals surface area contributed by atoms with Crippen molar-refractivity contribution in [2.45, 2.75) is 36.7 Å². The number of piperazine rings is 1. The predicted octanol–water partition coefficient (Wildman–Crippen LogP) is -0.224. The van der Waals surface area contributed by atoms with Crippen molar-refractivity contribution in [1.82, 2.24) is 10.2 Å². The van der Waals surface area contributed by atoms with Crippen LogP contribution >= 0.6 is 0 Å². The molecule has 2 fully saturated rings. The van der Waals surface area contributed by atoms with E-state index in [1.807, 2.05) is 24.3 Å². The zero-order valence-corrected chi connectivity index (χ0v) is 26.9. The van der Waals surface area contributed by atoms with Gasteiger partial charge >= 0.3 is 0 Å². The number of carbonyl (C=O) groups is 2. The maximum absolute atomic E-state index is 13.9. The molecule has 0 aliphatic carbocycles. The molecule has 15 heteroatoms. The first kappa shape index (κ1) is 35.4. The second kappa shape index (κ2) is 16.0. The summed E-state index contributed by atoms with van der Waals surface area (Å²) in [6.07, 6.45) is -7.63. The summed E-state index contributed by atoms with van der Waals surface area (Å²) in [5, 5.41) is 54.4. The second-order valence-electron chi connectivity index (χ2n) is 11.7. The highest BCUT2D eigenvalue weighted by molar-refractivity contribution is 5.96. The average molecular weight is 679 g/mol. The Kier molecular flexibility index (Phi) is 11.5.